The van der Waals surface area contributed by atoms with Crippen LogP contribution in [0, 0.1) is 5.92 Å². The minimum absolute atomic E-state index is 0.0134. The fraction of sp³-hybridized carbons (Fsp3) is 0.278. The Morgan fingerprint density at radius 1 is 1.09 bits per heavy atom. The monoisotopic (exact) mass is 302 g/mol. The summed E-state index contributed by atoms with van der Waals surface area (Å²) < 4.78 is 30.9. The molecule has 2 aromatic carbocycles. The number of carbonyl (C=O) groups excluding carboxylic acids is 1. The van der Waals surface area contributed by atoms with E-state index in [4.69, 9.17) is 4.74 Å². The summed E-state index contributed by atoms with van der Waals surface area (Å²) >= 11 is 0. The molecule has 3 rings (SSSR count). The standard InChI is InChI=1S/C18H16F2O2/c19-18(20)15-5-3-14(4-6-15)16-7-13(10-21)8-17(9-16)22-11-12-1-2-12/h3-10,12,18H,1-2,11H2. The lowest BCUT2D eigenvalue weighted by Crippen LogP contribution is -1.99. The lowest BCUT2D eigenvalue weighted by molar-refractivity contribution is 0.112. The number of hydrogen-bond acceptors (Lipinski definition) is 2. The van der Waals surface area contributed by atoms with Gasteiger partial charge < -0.3 is 4.74 Å². The highest BCUT2D eigenvalue weighted by molar-refractivity contribution is 5.80. The molecule has 1 fully saturated rings. The molecule has 0 spiro atoms. The highest BCUT2D eigenvalue weighted by Gasteiger charge is 2.22. The van der Waals surface area contributed by atoms with Gasteiger partial charge in [0, 0.05) is 11.1 Å². The number of rotatable bonds is 6. The summed E-state index contributed by atoms with van der Waals surface area (Å²) in [4.78, 5) is 11.1. The van der Waals surface area contributed by atoms with Gasteiger partial charge in [0.2, 0.25) is 0 Å². The van der Waals surface area contributed by atoms with Crippen LogP contribution >= 0.6 is 0 Å². The van der Waals surface area contributed by atoms with Gasteiger partial charge in [-0.15, -0.1) is 0 Å². The Kier molecular flexibility index (Phi) is 4.18. The Morgan fingerprint density at radius 3 is 2.41 bits per heavy atom. The van der Waals surface area contributed by atoms with Gasteiger partial charge in [-0.25, -0.2) is 8.78 Å². The van der Waals surface area contributed by atoms with E-state index in [2.05, 4.69) is 0 Å². The molecule has 0 saturated heterocycles. The molecule has 0 N–H and O–H groups in total. The van der Waals surface area contributed by atoms with Crippen LogP contribution in [0.5, 0.6) is 5.75 Å². The second kappa shape index (κ2) is 6.26. The van der Waals surface area contributed by atoms with Crippen molar-refractivity contribution in [2.75, 3.05) is 6.61 Å². The van der Waals surface area contributed by atoms with Crippen molar-refractivity contribution in [3.63, 3.8) is 0 Å². The fourth-order valence-electron chi connectivity index (χ4n) is 2.26. The summed E-state index contributed by atoms with van der Waals surface area (Å²) in [6.07, 6.45) is 0.666. The number of ether oxygens (including phenoxy) is 1. The van der Waals surface area contributed by atoms with E-state index in [1.165, 1.54) is 25.0 Å². The summed E-state index contributed by atoms with van der Waals surface area (Å²) in [5, 5.41) is 0. The Hall–Kier alpha value is -2.23. The van der Waals surface area contributed by atoms with Crippen molar-refractivity contribution >= 4 is 6.29 Å². The first-order valence-corrected chi connectivity index (χ1v) is 7.27. The predicted octanol–water partition coefficient (Wildman–Crippen LogP) is 4.89. The Balaban J connectivity index is 1.87. The van der Waals surface area contributed by atoms with Crippen molar-refractivity contribution in [3.8, 4) is 16.9 Å². The largest absolute Gasteiger partial charge is 0.493 e. The highest BCUT2D eigenvalue weighted by atomic mass is 19.3. The molecular weight excluding hydrogens is 286 g/mol. The molecule has 0 aromatic heterocycles. The van der Waals surface area contributed by atoms with Crippen molar-refractivity contribution in [1.29, 1.82) is 0 Å². The second-order valence-electron chi connectivity index (χ2n) is 5.59. The number of hydrogen-bond donors (Lipinski definition) is 0. The van der Waals surface area contributed by atoms with Gasteiger partial charge in [0.05, 0.1) is 6.61 Å². The summed E-state index contributed by atoms with van der Waals surface area (Å²) in [6, 6.07) is 11.3. The van der Waals surface area contributed by atoms with Crippen LogP contribution in [-0.4, -0.2) is 12.9 Å². The molecule has 2 nitrogen and oxygen atoms in total. The van der Waals surface area contributed by atoms with Crippen LogP contribution in [0.2, 0.25) is 0 Å². The molecule has 0 unspecified atom stereocenters. The molecule has 2 aromatic rings. The van der Waals surface area contributed by atoms with Crippen LogP contribution < -0.4 is 4.74 Å². The van der Waals surface area contributed by atoms with E-state index in [0.717, 1.165) is 17.4 Å². The zero-order chi connectivity index (χ0) is 15.5. The van der Waals surface area contributed by atoms with E-state index >= 15 is 0 Å². The van der Waals surface area contributed by atoms with E-state index in [9.17, 15) is 13.6 Å². The lowest BCUT2D eigenvalue weighted by Gasteiger charge is -2.10. The Morgan fingerprint density at radius 2 is 1.82 bits per heavy atom. The first kappa shape index (κ1) is 14.7. The third kappa shape index (κ3) is 3.50. The first-order valence-electron chi connectivity index (χ1n) is 7.27. The minimum Gasteiger partial charge on any atom is -0.493 e. The van der Waals surface area contributed by atoms with Crippen LogP contribution in [-0.2, 0) is 0 Å². The SMILES string of the molecule is O=Cc1cc(OCC2CC2)cc(-c2ccc(C(F)F)cc2)c1. The van der Waals surface area contributed by atoms with Gasteiger partial charge in [-0.1, -0.05) is 24.3 Å². The molecule has 1 saturated carbocycles. The first-order chi connectivity index (χ1) is 10.7. The summed E-state index contributed by atoms with van der Waals surface area (Å²) in [7, 11) is 0. The average Bonchev–Trinajstić information content (AvgIpc) is 3.37. The maximum absolute atomic E-state index is 12.6. The number of carbonyl (C=O) groups is 1. The average molecular weight is 302 g/mol. The molecule has 22 heavy (non-hydrogen) atoms. The minimum atomic E-state index is -2.48. The van der Waals surface area contributed by atoms with E-state index in [0.29, 0.717) is 23.8 Å². The quantitative estimate of drug-likeness (QED) is 0.710. The van der Waals surface area contributed by atoms with E-state index in [1.54, 1.807) is 24.3 Å². The molecule has 0 radical (unpaired) electrons. The number of benzene rings is 2. The second-order valence-corrected chi connectivity index (χ2v) is 5.59. The van der Waals surface area contributed by atoms with Gasteiger partial charge in [-0.2, -0.15) is 0 Å². The third-order valence-corrected chi connectivity index (χ3v) is 3.74. The van der Waals surface area contributed by atoms with Crippen LogP contribution in [0.15, 0.2) is 42.5 Å². The van der Waals surface area contributed by atoms with Gasteiger partial charge >= 0.3 is 0 Å². The van der Waals surface area contributed by atoms with Gasteiger partial charge in [-0.3, -0.25) is 4.79 Å². The van der Waals surface area contributed by atoms with Crippen molar-refractivity contribution < 1.29 is 18.3 Å². The molecule has 0 amide bonds. The van der Waals surface area contributed by atoms with Crippen LogP contribution in [0.3, 0.4) is 0 Å². The van der Waals surface area contributed by atoms with Gasteiger partial charge in [-0.05, 0) is 48.1 Å². The third-order valence-electron chi connectivity index (χ3n) is 3.74. The van der Waals surface area contributed by atoms with Crippen LogP contribution in [0.4, 0.5) is 8.78 Å². The fourth-order valence-corrected chi connectivity index (χ4v) is 2.26. The topological polar surface area (TPSA) is 26.3 Å². The molecule has 0 bridgehead atoms. The molecular formula is C18H16F2O2. The molecule has 1 aliphatic rings. The Labute approximate surface area is 127 Å². The molecule has 0 atom stereocenters. The van der Waals surface area contributed by atoms with Gasteiger partial charge in [0.1, 0.15) is 12.0 Å². The van der Waals surface area contributed by atoms with Crippen molar-refractivity contribution in [3.05, 3.63) is 53.6 Å². The smallest absolute Gasteiger partial charge is 0.263 e. The highest BCUT2D eigenvalue weighted by Crippen LogP contribution is 2.31. The normalized spacial score (nSPS) is 14.1. The maximum atomic E-state index is 12.6. The maximum Gasteiger partial charge on any atom is 0.263 e. The number of alkyl halides is 2. The molecule has 114 valence electrons. The zero-order valence-corrected chi connectivity index (χ0v) is 12.0. The van der Waals surface area contributed by atoms with Crippen molar-refractivity contribution in [2.24, 2.45) is 5.92 Å². The van der Waals surface area contributed by atoms with Gasteiger partial charge in [0.15, 0.2) is 0 Å². The van der Waals surface area contributed by atoms with Crippen molar-refractivity contribution in [1.82, 2.24) is 0 Å². The molecule has 0 heterocycles. The lowest BCUT2D eigenvalue weighted by atomic mass is 10.0. The zero-order valence-electron chi connectivity index (χ0n) is 12.0. The van der Waals surface area contributed by atoms with Crippen LogP contribution in [0.1, 0.15) is 35.2 Å². The van der Waals surface area contributed by atoms with E-state index < -0.39 is 6.43 Å². The molecule has 1 aliphatic carbocycles. The number of aldehydes is 1. The number of halogens is 2. The van der Waals surface area contributed by atoms with Crippen LogP contribution in [0.25, 0.3) is 11.1 Å². The molecule has 0 aliphatic heterocycles. The Bertz CT molecular complexity index is 661. The summed E-state index contributed by atoms with van der Waals surface area (Å²) in [6.45, 7) is 0.659. The van der Waals surface area contributed by atoms with E-state index in [1.807, 2.05) is 6.07 Å². The van der Waals surface area contributed by atoms with E-state index in [-0.39, 0.29) is 5.56 Å². The molecule has 4 heteroatoms. The summed E-state index contributed by atoms with van der Waals surface area (Å²) in [5.41, 5.74) is 2.07. The van der Waals surface area contributed by atoms with Gasteiger partial charge in [0.25, 0.3) is 6.43 Å². The van der Waals surface area contributed by atoms with Crippen molar-refractivity contribution in [2.45, 2.75) is 19.3 Å². The summed E-state index contributed by atoms with van der Waals surface area (Å²) in [5.74, 6) is 1.26. The predicted molar refractivity (Wildman–Crippen MR) is 80.4 cm³/mol.